The third-order valence-electron chi connectivity index (χ3n) is 4.15. The summed E-state index contributed by atoms with van der Waals surface area (Å²) in [6, 6.07) is 0.0487. The molecule has 2 amide bonds. The van der Waals surface area contributed by atoms with E-state index in [4.69, 9.17) is 9.88 Å². The average molecular weight is 331 g/mol. The summed E-state index contributed by atoms with van der Waals surface area (Å²) in [6.07, 6.45) is 13.6. The van der Waals surface area contributed by atoms with Crippen LogP contribution in [0.25, 0.3) is 0 Å². The Morgan fingerprint density at radius 3 is 2.33 bits per heavy atom. The molecule has 3 aliphatic rings. The minimum Gasteiger partial charge on any atom is -0.271 e. The number of amidine groups is 1. The highest BCUT2D eigenvalue weighted by Crippen LogP contribution is 2.20. The summed E-state index contributed by atoms with van der Waals surface area (Å²) in [7, 11) is 0. The first-order valence-electron chi connectivity index (χ1n) is 8.47. The van der Waals surface area contributed by atoms with Crippen LogP contribution in [0.4, 0.5) is 0 Å². The summed E-state index contributed by atoms with van der Waals surface area (Å²) in [6.45, 7) is 0. The van der Waals surface area contributed by atoms with Crippen LogP contribution in [0.3, 0.4) is 0 Å². The molecule has 1 fully saturated rings. The molecule has 0 unspecified atom stereocenters. The molecule has 128 valence electrons. The first-order chi connectivity index (χ1) is 11.7. The molecule has 1 aliphatic heterocycles. The lowest BCUT2D eigenvalue weighted by Gasteiger charge is -2.15. The van der Waals surface area contributed by atoms with Gasteiger partial charge >= 0.3 is 6.02 Å². The second-order valence-corrected chi connectivity index (χ2v) is 6.04. The highest BCUT2D eigenvalue weighted by atomic mass is 17.3. The van der Waals surface area contributed by atoms with Crippen molar-refractivity contribution in [2.75, 3.05) is 0 Å². The van der Waals surface area contributed by atoms with E-state index in [0.29, 0.717) is 5.06 Å². The maximum Gasteiger partial charge on any atom is 0.356 e. The summed E-state index contributed by atoms with van der Waals surface area (Å²) in [5.41, 5.74) is 1.91. The quantitative estimate of drug-likeness (QED) is 0.262. The van der Waals surface area contributed by atoms with Crippen LogP contribution in [0.15, 0.2) is 33.9 Å². The topological polar surface area (TPSA) is 80.6 Å². The number of aliphatic imine (C=N–C) groups is 2. The molecule has 0 aromatic carbocycles. The van der Waals surface area contributed by atoms with Gasteiger partial charge in [-0.15, -0.1) is 5.06 Å². The highest BCUT2D eigenvalue weighted by molar-refractivity contribution is 6.11. The zero-order chi connectivity index (χ0) is 16.8. The van der Waals surface area contributed by atoms with E-state index in [1.165, 1.54) is 6.42 Å². The van der Waals surface area contributed by atoms with Crippen molar-refractivity contribution in [3.63, 3.8) is 0 Å². The number of hydrogen-bond donors (Lipinski definition) is 0. The third kappa shape index (κ3) is 4.38. The van der Waals surface area contributed by atoms with Crippen LogP contribution >= 0.6 is 0 Å². The number of amides is 2. The highest BCUT2D eigenvalue weighted by Gasteiger charge is 2.27. The number of carbonyl (C=O) groups excluding carboxylic acids is 2. The van der Waals surface area contributed by atoms with Crippen LogP contribution in [0.1, 0.15) is 57.8 Å². The van der Waals surface area contributed by atoms with Crippen LogP contribution in [-0.4, -0.2) is 28.6 Å². The molecule has 0 aromatic heterocycles. The van der Waals surface area contributed by atoms with Crippen molar-refractivity contribution in [2.24, 2.45) is 9.98 Å². The second kappa shape index (κ2) is 8.01. The Kier molecular flexibility index (Phi) is 5.53. The van der Waals surface area contributed by atoms with Gasteiger partial charge in [0.1, 0.15) is 0 Å². The standard InChI is InChI=1S/C17H21N3O4/c21-15-11-12-16(22)20(15)24-23-17(18-13-7-3-1-4-8-13)19-14-9-5-2-6-10-14/h7,11-12H,1-6,8-10H2. The van der Waals surface area contributed by atoms with E-state index in [1.807, 2.05) is 0 Å². The van der Waals surface area contributed by atoms with Gasteiger partial charge in [-0.2, -0.15) is 4.99 Å². The third-order valence-corrected chi connectivity index (χ3v) is 4.15. The molecular formula is C17H21N3O4. The summed E-state index contributed by atoms with van der Waals surface area (Å²) in [5, 5.41) is 0.547. The van der Waals surface area contributed by atoms with Crippen molar-refractivity contribution in [3.05, 3.63) is 23.9 Å². The van der Waals surface area contributed by atoms with E-state index >= 15 is 0 Å². The number of imide groups is 1. The normalized spacial score (nSPS) is 22.0. The molecule has 7 heteroatoms. The second-order valence-electron chi connectivity index (χ2n) is 6.04. The molecule has 1 saturated carbocycles. The van der Waals surface area contributed by atoms with Crippen LogP contribution in [0.5, 0.6) is 0 Å². The number of rotatable bonds is 3. The predicted octanol–water partition coefficient (Wildman–Crippen LogP) is 2.99. The van der Waals surface area contributed by atoms with Gasteiger partial charge in [0, 0.05) is 23.6 Å². The Morgan fingerprint density at radius 2 is 1.67 bits per heavy atom. The summed E-state index contributed by atoms with van der Waals surface area (Å²) < 4.78 is 0. The minimum atomic E-state index is -0.582. The fourth-order valence-electron chi connectivity index (χ4n) is 2.85. The fraction of sp³-hybridized carbons (Fsp3) is 0.529. The Hall–Kier alpha value is -2.28. The zero-order valence-electron chi connectivity index (χ0n) is 13.6. The van der Waals surface area contributed by atoms with Gasteiger partial charge < -0.3 is 0 Å². The number of nitrogens with zero attached hydrogens (tertiary/aromatic N) is 3. The molecule has 1 heterocycles. The average Bonchev–Trinajstić information content (AvgIpc) is 2.93. The monoisotopic (exact) mass is 331 g/mol. The van der Waals surface area contributed by atoms with Crippen molar-refractivity contribution >= 4 is 23.5 Å². The Morgan fingerprint density at radius 1 is 0.958 bits per heavy atom. The lowest BCUT2D eigenvalue weighted by molar-refractivity contribution is -0.344. The van der Waals surface area contributed by atoms with E-state index in [0.717, 1.165) is 74.9 Å². The summed E-state index contributed by atoms with van der Waals surface area (Å²) in [4.78, 5) is 41.9. The molecule has 7 nitrogen and oxygen atoms in total. The van der Waals surface area contributed by atoms with Gasteiger partial charge in [-0.25, -0.2) is 4.99 Å². The molecule has 0 saturated heterocycles. The first-order valence-corrected chi connectivity index (χ1v) is 8.47. The van der Waals surface area contributed by atoms with Gasteiger partial charge in [-0.3, -0.25) is 14.5 Å². The summed E-state index contributed by atoms with van der Waals surface area (Å²) in [5.74, 6) is -1.16. The molecule has 0 spiro atoms. The van der Waals surface area contributed by atoms with Gasteiger partial charge in [0.15, 0.2) is 0 Å². The number of hydroxylamine groups is 2. The predicted molar refractivity (Wildman–Crippen MR) is 87.7 cm³/mol. The molecule has 24 heavy (non-hydrogen) atoms. The van der Waals surface area contributed by atoms with E-state index in [-0.39, 0.29) is 6.02 Å². The van der Waals surface area contributed by atoms with Crippen molar-refractivity contribution in [2.45, 2.75) is 57.8 Å². The molecule has 0 atom stereocenters. The first kappa shape index (κ1) is 16.6. The van der Waals surface area contributed by atoms with E-state index in [2.05, 4.69) is 16.1 Å². The van der Waals surface area contributed by atoms with Crippen LogP contribution in [0, 0.1) is 0 Å². The number of allylic oxidation sites excluding steroid dienone is 2. The molecule has 3 rings (SSSR count). The van der Waals surface area contributed by atoms with Crippen molar-refractivity contribution in [1.82, 2.24) is 5.06 Å². The van der Waals surface area contributed by atoms with Crippen LogP contribution in [-0.2, 0) is 19.5 Å². The van der Waals surface area contributed by atoms with Gasteiger partial charge in [-0.1, -0.05) is 12.5 Å². The lowest BCUT2D eigenvalue weighted by atomic mass is 9.99. The van der Waals surface area contributed by atoms with E-state index in [9.17, 15) is 9.59 Å². The maximum atomic E-state index is 11.5. The van der Waals surface area contributed by atoms with Crippen molar-refractivity contribution < 1.29 is 19.5 Å². The molecular weight excluding hydrogens is 310 g/mol. The number of hydrogen-bond acceptors (Lipinski definition) is 5. The van der Waals surface area contributed by atoms with Gasteiger partial charge in [0.05, 0.1) is 0 Å². The van der Waals surface area contributed by atoms with Crippen LogP contribution in [0.2, 0.25) is 0 Å². The van der Waals surface area contributed by atoms with Gasteiger partial charge in [0.25, 0.3) is 11.8 Å². The summed E-state index contributed by atoms with van der Waals surface area (Å²) >= 11 is 0. The largest absolute Gasteiger partial charge is 0.356 e. The molecule has 0 bridgehead atoms. The Balaban J connectivity index is 1.71. The molecule has 0 N–H and O–H groups in total. The maximum absolute atomic E-state index is 11.5. The number of carbonyl (C=O) groups is 2. The molecule has 0 radical (unpaired) electrons. The van der Waals surface area contributed by atoms with Crippen molar-refractivity contribution in [3.8, 4) is 0 Å². The lowest BCUT2D eigenvalue weighted by Crippen LogP contribution is -2.31. The van der Waals surface area contributed by atoms with Crippen LogP contribution < -0.4 is 0 Å². The van der Waals surface area contributed by atoms with Gasteiger partial charge in [0.2, 0.25) is 0 Å². The smallest absolute Gasteiger partial charge is 0.271 e. The van der Waals surface area contributed by atoms with E-state index in [1.54, 1.807) is 0 Å². The molecule has 0 aromatic rings. The molecule has 2 aliphatic carbocycles. The van der Waals surface area contributed by atoms with Crippen molar-refractivity contribution in [1.29, 1.82) is 0 Å². The van der Waals surface area contributed by atoms with Gasteiger partial charge in [-0.05, 0) is 56.4 Å². The zero-order valence-corrected chi connectivity index (χ0v) is 13.6. The SMILES string of the molecule is O=C1C=CC(=O)N1OOC(N=C1CCCCC1)=NC1=CCCCC1. The minimum absolute atomic E-state index is 0.0487. The fourth-order valence-corrected chi connectivity index (χ4v) is 2.85. The Labute approximate surface area is 140 Å². The Bertz CT molecular complexity index is 608. The van der Waals surface area contributed by atoms with E-state index < -0.39 is 11.8 Å².